The SMILES string of the molecule is O=C(O)C[C@@H](NC(=O)c1ccccc1F)c1cccc([N+](=O)[O-])c1. The van der Waals surface area contributed by atoms with Gasteiger partial charge in [-0.2, -0.15) is 0 Å². The highest BCUT2D eigenvalue weighted by molar-refractivity contribution is 5.95. The number of nitro groups is 1. The average Bonchev–Trinajstić information content (AvgIpc) is 2.54. The van der Waals surface area contributed by atoms with Crippen molar-refractivity contribution in [1.82, 2.24) is 5.32 Å². The van der Waals surface area contributed by atoms with Crippen LogP contribution in [0.5, 0.6) is 0 Å². The zero-order valence-electron chi connectivity index (χ0n) is 12.3. The van der Waals surface area contributed by atoms with E-state index in [-0.39, 0.29) is 16.8 Å². The van der Waals surface area contributed by atoms with Crippen LogP contribution in [0.3, 0.4) is 0 Å². The molecule has 0 heterocycles. The molecule has 0 saturated heterocycles. The van der Waals surface area contributed by atoms with Crippen molar-refractivity contribution in [2.24, 2.45) is 0 Å². The molecule has 0 fully saturated rings. The third-order valence-electron chi connectivity index (χ3n) is 3.29. The summed E-state index contributed by atoms with van der Waals surface area (Å²) in [5.41, 5.74) is -0.224. The molecule has 2 aromatic carbocycles. The number of nitrogens with zero attached hydrogens (tertiary/aromatic N) is 1. The number of carboxylic acid groups (broad SMARTS) is 1. The fourth-order valence-corrected chi connectivity index (χ4v) is 2.16. The highest BCUT2D eigenvalue weighted by atomic mass is 19.1. The Labute approximate surface area is 135 Å². The summed E-state index contributed by atoms with van der Waals surface area (Å²) in [5, 5.41) is 22.2. The van der Waals surface area contributed by atoms with Gasteiger partial charge in [-0.1, -0.05) is 24.3 Å². The van der Waals surface area contributed by atoms with Crippen molar-refractivity contribution in [3.05, 3.63) is 75.6 Å². The zero-order valence-corrected chi connectivity index (χ0v) is 12.3. The van der Waals surface area contributed by atoms with Gasteiger partial charge < -0.3 is 10.4 Å². The molecule has 0 aromatic heterocycles. The van der Waals surface area contributed by atoms with E-state index in [4.69, 9.17) is 5.11 Å². The van der Waals surface area contributed by atoms with Crippen molar-refractivity contribution in [3.8, 4) is 0 Å². The number of hydrogen-bond acceptors (Lipinski definition) is 4. The lowest BCUT2D eigenvalue weighted by molar-refractivity contribution is -0.384. The second kappa shape index (κ2) is 7.32. The van der Waals surface area contributed by atoms with Crippen LogP contribution in [0.4, 0.5) is 10.1 Å². The molecular formula is C16H13FN2O5. The van der Waals surface area contributed by atoms with E-state index >= 15 is 0 Å². The number of amides is 1. The molecule has 1 atom stereocenters. The number of carbonyl (C=O) groups excluding carboxylic acids is 1. The Balaban J connectivity index is 2.30. The van der Waals surface area contributed by atoms with E-state index in [2.05, 4.69) is 5.32 Å². The van der Waals surface area contributed by atoms with Gasteiger partial charge >= 0.3 is 5.97 Å². The molecule has 0 saturated carbocycles. The van der Waals surface area contributed by atoms with Gasteiger partial charge in [0.05, 0.1) is 22.9 Å². The predicted octanol–water partition coefficient (Wildman–Crippen LogP) is 2.68. The fraction of sp³-hybridized carbons (Fsp3) is 0.125. The Morgan fingerprint density at radius 2 is 1.92 bits per heavy atom. The van der Waals surface area contributed by atoms with Crippen LogP contribution in [-0.4, -0.2) is 21.9 Å². The van der Waals surface area contributed by atoms with Crippen LogP contribution in [0, 0.1) is 15.9 Å². The Morgan fingerprint density at radius 3 is 2.54 bits per heavy atom. The Morgan fingerprint density at radius 1 is 1.21 bits per heavy atom. The summed E-state index contributed by atoms with van der Waals surface area (Å²) in [5.74, 6) is -2.76. The number of carboxylic acids is 1. The minimum absolute atomic E-state index is 0.233. The first kappa shape index (κ1) is 17.1. The highest BCUT2D eigenvalue weighted by Crippen LogP contribution is 2.22. The molecular weight excluding hydrogens is 319 g/mol. The zero-order chi connectivity index (χ0) is 17.7. The van der Waals surface area contributed by atoms with Crippen LogP contribution in [0.15, 0.2) is 48.5 Å². The van der Waals surface area contributed by atoms with E-state index in [0.29, 0.717) is 0 Å². The van der Waals surface area contributed by atoms with Crippen LogP contribution in [-0.2, 0) is 4.79 Å². The minimum atomic E-state index is -1.21. The predicted molar refractivity (Wildman–Crippen MR) is 82.0 cm³/mol. The molecule has 0 unspecified atom stereocenters. The van der Waals surface area contributed by atoms with Crippen LogP contribution in [0.1, 0.15) is 28.4 Å². The quantitative estimate of drug-likeness (QED) is 0.624. The number of benzene rings is 2. The molecule has 2 rings (SSSR count). The molecule has 0 bridgehead atoms. The Bertz CT molecular complexity index is 794. The van der Waals surface area contributed by atoms with Gasteiger partial charge in [-0.05, 0) is 17.7 Å². The molecule has 0 aliphatic rings. The largest absolute Gasteiger partial charge is 0.481 e. The van der Waals surface area contributed by atoms with Gasteiger partial charge in [0, 0.05) is 12.1 Å². The van der Waals surface area contributed by atoms with Crippen LogP contribution in [0.25, 0.3) is 0 Å². The Hall–Kier alpha value is -3.29. The van der Waals surface area contributed by atoms with Gasteiger partial charge in [0.1, 0.15) is 5.82 Å². The maximum Gasteiger partial charge on any atom is 0.305 e. The molecule has 0 aliphatic carbocycles. The van der Waals surface area contributed by atoms with Crippen molar-refractivity contribution in [2.45, 2.75) is 12.5 Å². The third-order valence-corrected chi connectivity index (χ3v) is 3.29. The summed E-state index contributed by atoms with van der Waals surface area (Å²) in [4.78, 5) is 33.4. The lowest BCUT2D eigenvalue weighted by Crippen LogP contribution is -2.30. The smallest absolute Gasteiger partial charge is 0.305 e. The van der Waals surface area contributed by atoms with Crippen molar-refractivity contribution < 1.29 is 24.0 Å². The normalized spacial score (nSPS) is 11.5. The summed E-state index contributed by atoms with van der Waals surface area (Å²) >= 11 is 0. The first-order valence-electron chi connectivity index (χ1n) is 6.90. The molecule has 0 radical (unpaired) electrons. The number of non-ortho nitro benzene ring substituents is 1. The summed E-state index contributed by atoms with van der Waals surface area (Å²) in [6.45, 7) is 0. The van der Waals surface area contributed by atoms with E-state index in [9.17, 15) is 24.1 Å². The maximum absolute atomic E-state index is 13.7. The standard InChI is InChI=1S/C16H13FN2O5/c17-13-7-2-1-6-12(13)16(22)18-14(9-15(20)21)10-4-3-5-11(8-10)19(23)24/h1-8,14H,9H2,(H,18,22)(H,20,21)/t14-/m1/s1. The average molecular weight is 332 g/mol. The van der Waals surface area contributed by atoms with Gasteiger partial charge in [-0.15, -0.1) is 0 Å². The van der Waals surface area contributed by atoms with Crippen molar-refractivity contribution >= 4 is 17.6 Å². The summed E-state index contributed by atoms with van der Waals surface area (Å²) in [6, 6.07) is 9.49. The fourth-order valence-electron chi connectivity index (χ4n) is 2.16. The summed E-state index contributed by atoms with van der Waals surface area (Å²) in [6.07, 6.45) is -0.499. The molecule has 1 amide bonds. The lowest BCUT2D eigenvalue weighted by atomic mass is 10.0. The molecule has 7 nitrogen and oxygen atoms in total. The number of hydrogen-bond donors (Lipinski definition) is 2. The molecule has 0 spiro atoms. The number of nitro benzene ring substituents is 1. The third kappa shape index (κ3) is 4.13. The second-order valence-electron chi connectivity index (χ2n) is 4.96. The lowest BCUT2D eigenvalue weighted by Gasteiger charge is -2.17. The molecule has 0 aliphatic heterocycles. The van der Waals surface area contributed by atoms with Crippen molar-refractivity contribution in [3.63, 3.8) is 0 Å². The second-order valence-corrected chi connectivity index (χ2v) is 4.96. The van der Waals surface area contributed by atoms with Crippen molar-refractivity contribution in [2.75, 3.05) is 0 Å². The topological polar surface area (TPSA) is 110 Å². The monoisotopic (exact) mass is 332 g/mol. The summed E-state index contributed by atoms with van der Waals surface area (Å²) < 4.78 is 13.7. The van der Waals surface area contributed by atoms with E-state index < -0.39 is 35.1 Å². The molecule has 2 aromatic rings. The summed E-state index contributed by atoms with van der Waals surface area (Å²) in [7, 11) is 0. The highest BCUT2D eigenvalue weighted by Gasteiger charge is 2.22. The van der Waals surface area contributed by atoms with Crippen LogP contribution < -0.4 is 5.32 Å². The van der Waals surface area contributed by atoms with E-state index in [1.807, 2.05) is 0 Å². The number of aliphatic carboxylic acids is 1. The van der Waals surface area contributed by atoms with Gasteiger partial charge in [-0.25, -0.2) is 4.39 Å². The maximum atomic E-state index is 13.7. The Kier molecular flexibility index (Phi) is 5.20. The van der Waals surface area contributed by atoms with Gasteiger partial charge in [0.2, 0.25) is 0 Å². The van der Waals surface area contributed by atoms with Crippen LogP contribution >= 0.6 is 0 Å². The first-order chi connectivity index (χ1) is 11.4. The molecule has 24 heavy (non-hydrogen) atoms. The number of carbonyl (C=O) groups is 2. The van der Waals surface area contributed by atoms with Gasteiger partial charge in [0.15, 0.2) is 0 Å². The van der Waals surface area contributed by atoms with Gasteiger partial charge in [0.25, 0.3) is 11.6 Å². The van der Waals surface area contributed by atoms with E-state index in [1.165, 1.54) is 42.5 Å². The molecule has 124 valence electrons. The number of halogens is 1. The number of nitrogens with one attached hydrogen (secondary N) is 1. The first-order valence-corrected chi connectivity index (χ1v) is 6.90. The number of rotatable bonds is 6. The molecule has 2 N–H and O–H groups in total. The minimum Gasteiger partial charge on any atom is -0.481 e. The van der Waals surface area contributed by atoms with Crippen molar-refractivity contribution in [1.29, 1.82) is 0 Å². The van der Waals surface area contributed by atoms with Gasteiger partial charge in [-0.3, -0.25) is 19.7 Å². The van der Waals surface area contributed by atoms with E-state index in [1.54, 1.807) is 0 Å². The van der Waals surface area contributed by atoms with E-state index in [0.717, 1.165) is 6.07 Å². The molecule has 8 heteroatoms. The van der Waals surface area contributed by atoms with Crippen LogP contribution in [0.2, 0.25) is 0 Å².